The molecule has 2 N–H and O–H groups in total. The molecule has 0 spiro atoms. The molecule has 0 aromatic heterocycles. The third kappa shape index (κ3) is 1.87. The minimum Gasteiger partial charge on any atom is -0.378 e. The van der Waals surface area contributed by atoms with Crippen LogP contribution in [0.5, 0.6) is 0 Å². The molecule has 0 amide bonds. The first-order valence-corrected chi connectivity index (χ1v) is 8.26. The average molecular weight is 288 g/mol. The Morgan fingerprint density at radius 2 is 1.73 bits per heavy atom. The van der Waals surface area contributed by atoms with Gasteiger partial charge < -0.3 is 10.6 Å². The zero-order valence-electron chi connectivity index (χ0n) is 12.5. The first-order chi connectivity index (χ1) is 10.9. The Bertz CT molecular complexity index is 675. The normalized spacial score (nSPS) is 34.0. The Labute approximate surface area is 131 Å². The first kappa shape index (κ1) is 12.3. The molecule has 2 aliphatic carbocycles. The van der Waals surface area contributed by atoms with Crippen LogP contribution >= 0.6 is 0 Å². The van der Waals surface area contributed by atoms with Gasteiger partial charge in [-0.2, -0.15) is 0 Å². The molecule has 2 heterocycles. The smallest absolute Gasteiger partial charge is 0.0517 e. The fourth-order valence-electron chi connectivity index (χ4n) is 4.22. The number of anilines is 1. The Hall–Kier alpha value is -2.22. The molecule has 4 aliphatic rings. The van der Waals surface area contributed by atoms with E-state index in [1.54, 1.807) is 0 Å². The summed E-state index contributed by atoms with van der Waals surface area (Å²) in [4.78, 5) is 0. The van der Waals surface area contributed by atoms with E-state index >= 15 is 0 Å². The van der Waals surface area contributed by atoms with Gasteiger partial charge in [-0.25, -0.2) is 0 Å². The van der Waals surface area contributed by atoms with Crippen molar-refractivity contribution in [2.24, 2.45) is 11.8 Å². The van der Waals surface area contributed by atoms with Crippen molar-refractivity contribution in [2.75, 3.05) is 5.32 Å². The summed E-state index contributed by atoms with van der Waals surface area (Å²) in [5.41, 5.74) is 5.59. The minimum atomic E-state index is 0.440. The second kappa shape index (κ2) is 4.64. The Balaban J connectivity index is 1.48. The standard InChI is InChI=1S/C20H20N2/c1-3-7-17-13(5-1)9-15-11-20-16(12-19(15)21-17)10-14-6-2-4-8-18(14)22-20/h1-8,11-13,16-17,20-22H,9-10H2. The third-order valence-corrected chi connectivity index (χ3v) is 5.39. The number of para-hydroxylation sites is 1. The molecule has 22 heavy (non-hydrogen) atoms. The molecule has 1 fully saturated rings. The number of hydrogen-bond donors (Lipinski definition) is 2. The maximum Gasteiger partial charge on any atom is 0.0517 e. The lowest BCUT2D eigenvalue weighted by atomic mass is 9.76. The van der Waals surface area contributed by atoms with Crippen LogP contribution in [0.1, 0.15) is 12.0 Å². The molecular formula is C20H20N2. The Morgan fingerprint density at radius 1 is 0.818 bits per heavy atom. The molecule has 2 nitrogen and oxygen atoms in total. The molecule has 0 radical (unpaired) electrons. The van der Waals surface area contributed by atoms with Crippen LogP contribution in [0, 0.1) is 11.8 Å². The number of hydrogen-bond acceptors (Lipinski definition) is 2. The van der Waals surface area contributed by atoms with Crippen LogP contribution in [-0.4, -0.2) is 12.1 Å². The van der Waals surface area contributed by atoms with Crippen LogP contribution in [0.15, 0.2) is 72.0 Å². The van der Waals surface area contributed by atoms with Crippen LogP contribution in [0.4, 0.5) is 5.69 Å². The monoisotopic (exact) mass is 288 g/mol. The number of allylic oxidation sites excluding steroid dienone is 3. The zero-order chi connectivity index (χ0) is 14.5. The van der Waals surface area contributed by atoms with Gasteiger partial charge in [-0.05, 0) is 30.0 Å². The summed E-state index contributed by atoms with van der Waals surface area (Å²) >= 11 is 0. The lowest BCUT2D eigenvalue weighted by Crippen LogP contribution is -2.43. The SMILES string of the molecule is C1=CC2CC3=CC4Nc5ccccc5CC4C=C3NC2C=C1. The number of benzene rings is 1. The van der Waals surface area contributed by atoms with Gasteiger partial charge >= 0.3 is 0 Å². The molecule has 0 saturated carbocycles. The van der Waals surface area contributed by atoms with Gasteiger partial charge in [0.15, 0.2) is 0 Å². The predicted molar refractivity (Wildman–Crippen MR) is 90.5 cm³/mol. The summed E-state index contributed by atoms with van der Waals surface area (Å²) in [5, 5.41) is 7.46. The number of piperidine rings is 1. The van der Waals surface area contributed by atoms with Crippen LogP contribution < -0.4 is 10.6 Å². The van der Waals surface area contributed by atoms with E-state index in [9.17, 15) is 0 Å². The molecular weight excluding hydrogens is 268 g/mol. The van der Waals surface area contributed by atoms with Gasteiger partial charge in [0.2, 0.25) is 0 Å². The largest absolute Gasteiger partial charge is 0.378 e. The summed E-state index contributed by atoms with van der Waals surface area (Å²) in [6, 6.07) is 9.61. The molecule has 1 aromatic rings. The van der Waals surface area contributed by atoms with Crippen LogP contribution in [0.3, 0.4) is 0 Å². The van der Waals surface area contributed by atoms with E-state index in [4.69, 9.17) is 0 Å². The van der Waals surface area contributed by atoms with E-state index in [-0.39, 0.29) is 0 Å². The van der Waals surface area contributed by atoms with Crippen molar-refractivity contribution in [3.63, 3.8) is 0 Å². The Morgan fingerprint density at radius 3 is 2.73 bits per heavy atom. The second-order valence-corrected chi connectivity index (χ2v) is 6.78. The number of fused-ring (bicyclic) bond motifs is 4. The highest BCUT2D eigenvalue weighted by molar-refractivity contribution is 5.57. The van der Waals surface area contributed by atoms with Crippen molar-refractivity contribution in [3.8, 4) is 0 Å². The summed E-state index contributed by atoms with van der Waals surface area (Å²) in [6.45, 7) is 0. The molecule has 0 bridgehead atoms. The van der Waals surface area contributed by atoms with Gasteiger partial charge in [-0.3, -0.25) is 0 Å². The van der Waals surface area contributed by atoms with E-state index < -0.39 is 0 Å². The van der Waals surface area contributed by atoms with Crippen LogP contribution in [0.25, 0.3) is 0 Å². The zero-order valence-corrected chi connectivity index (χ0v) is 12.5. The molecule has 1 aromatic carbocycles. The van der Waals surface area contributed by atoms with E-state index in [1.807, 2.05) is 0 Å². The minimum absolute atomic E-state index is 0.440. The summed E-state index contributed by atoms with van der Waals surface area (Å²) in [7, 11) is 0. The Kier molecular flexibility index (Phi) is 2.60. The van der Waals surface area contributed by atoms with Gasteiger partial charge in [-0.15, -0.1) is 0 Å². The number of rotatable bonds is 0. The van der Waals surface area contributed by atoms with Crippen molar-refractivity contribution >= 4 is 5.69 Å². The van der Waals surface area contributed by atoms with E-state index in [1.165, 1.54) is 22.5 Å². The molecule has 110 valence electrons. The fourth-order valence-corrected chi connectivity index (χ4v) is 4.22. The summed E-state index contributed by atoms with van der Waals surface area (Å²) in [5.74, 6) is 1.15. The van der Waals surface area contributed by atoms with Crippen molar-refractivity contribution < 1.29 is 0 Å². The third-order valence-electron chi connectivity index (χ3n) is 5.39. The van der Waals surface area contributed by atoms with Crippen molar-refractivity contribution in [1.29, 1.82) is 0 Å². The summed E-state index contributed by atoms with van der Waals surface area (Å²) < 4.78 is 0. The van der Waals surface area contributed by atoms with Gasteiger partial charge in [0.25, 0.3) is 0 Å². The topological polar surface area (TPSA) is 24.1 Å². The first-order valence-electron chi connectivity index (χ1n) is 8.26. The highest BCUT2D eigenvalue weighted by Crippen LogP contribution is 2.39. The highest BCUT2D eigenvalue weighted by atomic mass is 15.0. The lowest BCUT2D eigenvalue weighted by Gasteiger charge is -2.41. The van der Waals surface area contributed by atoms with E-state index in [2.05, 4.69) is 71.4 Å². The maximum absolute atomic E-state index is 3.74. The second-order valence-electron chi connectivity index (χ2n) is 6.78. The van der Waals surface area contributed by atoms with Crippen molar-refractivity contribution in [1.82, 2.24) is 5.32 Å². The van der Waals surface area contributed by atoms with Gasteiger partial charge in [-0.1, -0.05) is 54.7 Å². The maximum atomic E-state index is 3.74. The highest BCUT2D eigenvalue weighted by Gasteiger charge is 2.34. The molecule has 1 saturated heterocycles. The van der Waals surface area contributed by atoms with Crippen molar-refractivity contribution in [2.45, 2.75) is 24.9 Å². The molecule has 4 unspecified atom stereocenters. The van der Waals surface area contributed by atoms with Crippen LogP contribution in [0.2, 0.25) is 0 Å². The molecule has 4 atom stereocenters. The quantitative estimate of drug-likeness (QED) is 0.762. The molecule has 2 heteroatoms. The van der Waals surface area contributed by atoms with Crippen molar-refractivity contribution in [3.05, 3.63) is 77.6 Å². The summed E-state index contributed by atoms with van der Waals surface area (Å²) in [6.07, 6.45) is 16.2. The predicted octanol–water partition coefficient (Wildman–Crippen LogP) is 3.57. The lowest BCUT2D eigenvalue weighted by molar-refractivity contribution is 0.446. The molecule has 2 aliphatic heterocycles. The number of nitrogens with one attached hydrogen (secondary N) is 2. The molecule has 5 rings (SSSR count). The van der Waals surface area contributed by atoms with Gasteiger partial charge in [0, 0.05) is 23.2 Å². The van der Waals surface area contributed by atoms with Crippen LogP contribution in [-0.2, 0) is 6.42 Å². The average Bonchev–Trinajstić information content (AvgIpc) is 2.56. The van der Waals surface area contributed by atoms with E-state index in [0.717, 1.165) is 12.8 Å². The fraction of sp³-hybridized carbons (Fsp3) is 0.300. The van der Waals surface area contributed by atoms with Gasteiger partial charge in [0.05, 0.1) is 12.1 Å². The van der Waals surface area contributed by atoms with E-state index in [0.29, 0.717) is 23.9 Å². The van der Waals surface area contributed by atoms with Gasteiger partial charge in [0.1, 0.15) is 0 Å².